The van der Waals surface area contributed by atoms with E-state index >= 15 is 0 Å². The molecule has 0 aliphatic rings. The molecule has 0 aliphatic carbocycles. The summed E-state index contributed by atoms with van der Waals surface area (Å²) in [5, 5.41) is 0.762. The molecule has 2 aromatic rings. The molecule has 0 spiro atoms. The minimum Gasteiger partial charge on any atom is -0.130 e. The summed E-state index contributed by atoms with van der Waals surface area (Å²) in [6, 6.07) is 8.32. The molecule has 0 radical (unpaired) electrons. The van der Waals surface area contributed by atoms with Gasteiger partial charge in [0.05, 0.1) is 13.6 Å². The highest BCUT2D eigenvalue weighted by molar-refractivity contribution is 9.11. The highest BCUT2D eigenvalue weighted by Crippen LogP contribution is 2.43. The lowest BCUT2D eigenvalue weighted by atomic mass is 10.1. The van der Waals surface area contributed by atoms with Crippen molar-refractivity contribution in [3.05, 3.63) is 53.6 Å². The van der Waals surface area contributed by atoms with Crippen LogP contribution in [-0.2, 0) is 0 Å². The zero-order valence-corrected chi connectivity index (χ0v) is 15.1. The summed E-state index contributed by atoms with van der Waals surface area (Å²) in [5.41, 5.74) is 2.46. The molecule has 0 amide bonds. The second kappa shape index (κ2) is 5.74. The molecule has 1 aromatic carbocycles. The molecule has 2 rings (SSSR count). The Morgan fingerprint density at radius 3 is 2.53 bits per heavy atom. The van der Waals surface area contributed by atoms with E-state index in [0.29, 0.717) is 0 Å². The van der Waals surface area contributed by atoms with Crippen molar-refractivity contribution in [3.8, 4) is 0 Å². The lowest BCUT2D eigenvalue weighted by Gasteiger charge is -2.11. The highest BCUT2D eigenvalue weighted by Gasteiger charge is 2.17. The summed E-state index contributed by atoms with van der Waals surface area (Å²) in [4.78, 5) is 1.35. The van der Waals surface area contributed by atoms with E-state index in [1.54, 1.807) is 11.3 Å². The molecule has 1 unspecified atom stereocenters. The van der Waals surface area contributed by atoms with Crippen LogP contribution in [0.5, 0.6) is 0 Å². The van der Waals surface area contributed by atoms with Gasteiger partial charge >= 0.3 is 0 Å². The van der Waals surface area contributed by atoms with E-state index in [9.17, 15) is 0 Å². The first-order valence-electron chi connectivity index (χ1n) is 4.84. The molecule has 0 N–H and O–H groups in total. The molecule has 0 aliphatic heterocycles. The Bertz CT molecular complexity index is 531. The summed E-state index contributed by atoms with van der Waals surface area (Å²) in [7, 11) is 0. The molecular weight excluding hydrogens is 451 g/mol. The Hall–Kier alpha value is 0.650. The third kappa shape index (κ3) is 3.16. The Labute approximate surface area is 135 Å². The number of hydrogen-bond acceptors (Lipinski definition) is 1. The van der Waals surface area contributed by atoms with Crippen molar-refractivity contribution >= 4 is 70.7 Å². The second-order valence-corrected chi connectivity index (χ2v) is 8.24. The predicted molar refractivity (Wildman–Crippen MR) is 86.7 cm³/mol. The third-order valence-electron chi connectivity index (χ3n) is 2.34. The Kier molecular flexibility index (Phi) is 4.75. The molecular formula is C12H8Br3ClS. The lowest BCUT2D eigenvalue weighted by Crippen LogP contribution is -1.92. The molecule has 0 saturated carbocycles. The number of hydrogen-bond donors (Lipinski definition) is 0. The SMILES string of the molecule is Cc1ccc(Br)c(C(Br)c2cc(Cl)c(Br)s2)c1. The van der Waals surface area contributed by atoms with E-state index in [4.69, 9.17) is 11.6 Å². The van der Waals surface area contributed by atoms with Crippen molar-refractivity contribution in [3.63, 3.8) is 0 Å². The number of halogens is 4. The fourth-order valence-corrected chi connectivity index (χ4v) is 4.82. The molecule has 0 bridgehead atoms. The van der Waals surface area contributed by atoms with E-state index in [1.165, 1.54) is 16.0 Å². The number of aryl methyl sites for hydroxylation is 1. The first-order chi connectivity index (χ1) is 7.99. The van der Waals surface area contributed by atoms with Crippen molar-refractivity contribution in [2.75, 3.05) is 0 Å². The molecule has 1 heterocycles. The minimum absolute atomic E-state index is 0.158. The first-order valence-corrected chi connectivity index (χ1v) is 8.53. The van der Waals surface area contributed by atoms with E-state index in [1.807, 2.05) is 6.07 Å². The largest absolute Gasteiger partial charge is 0.130 e. The minimum atomic E-state index is 0.158. The van der Waals surface area contributed by atoms with Crippen LogP contribution in [0.2, 0.25) is 5.02 Å². The van der Waals surface area contributed by atoms with Crippen LogP contribution >= 0.6 is 70.7 Å². The molecule has 5 heteroatoms. The maximum atomic E-state index is 6.06. The van der Waals surface area contributed by atoms with Gasteiger partial charge in [0.2, 0.25) is 0 Å². The Balaban J connectivity index is 2.42. The van der Waals surface area contributed by atoms with Crippen LogP contribution in [0.1, 0.15) is 20.8 Å². The van der Waals surface area contributed by atoms with E-state index in [2.05, 4.69) is 72.9 Å². The monoisotopic (exact) mass is 456 g/mol. The van der Waals surface area contributed by atoms with E-state index < -0.39 is 0 Å². The van der Waals surface area contributed by atoms with Crippen LogP contribution in [0, 0.1) is 6.92 Å². The number of benzene rings is 1. The van der Waals surface area contributed by atoms with Crippen molar-refractivity contribution < 1.29 is 0 Å². The standard InChI is InChI=1S/C12H8Br3ClS/c1-6-2-3-8(13)7(4-6)11(14)10-5-9(16)12(15)17-10/h2-5,11H,1H3. The number of rotatable bonds is 2. The quantitative estimate of drug-likeness (QED) is 0.438. The van der Waals surface area contributed by atoms with Crippen LogP contribution < -0.4 is 0 Å². The van der Waals surface area contributed by atoms with Gasteiger partial charge in [0.15, 0.2) is 0 Å². The molecule has 0 nitrogen and oxygen atoms in total. The summed E-state index contributed by atoms with van der Waals surface area (Å²) < 4.78 is 2.08. The normalized spacial score (nSPS) is 12.8. The van der Waals surface area contributed by atoms with Crippen molar-refractivity contribution in [1.82, 2.24) is 0 Å². The van der Waals surface area contributed by atoms with E-state index in [-0.39, 0.29) is 4.83 Å². The molecule has 1 aromatic heterocycles. The van der Waals surface area contributed by atoms with Crippen LogP contribution in [0.4, 0.5) is 0 Å². The highest BCUT2D eigenvalue weighted by atomic mass is 79.9. The molecule has 0 saturated heterocycles. The van der Waals surface area contributed by atoms with Gasteiger partial charge in [-0.1, -0.05) is 61.2 Å². The van der Waals surface area contributed by atoms with Crippen LogP contribution in [0.3, 0.4) is 0 Å². The topological polar surface area (TPSA) is 0 Å². The van der Waals surface area contributed by atoms with Crippen molar-refractivity contribution in [2.24, 2.45) is 0 Å². The Morgan fingerprint density at radius 2 is 1.94 bits per heavy atom. The van der Waals surface area contributed by atoms with Gasteiger partial charge in [-0.05, 0) is 40.5 Å². The van der Waals surface area contributed by atoms with Crippen LogP contribution in [-0.4, -0.2) is 0 Å². The summed E-state index contributed by atoms with van der Waals surface area (Å²) in [5.74, 6) is 0. The third-order valence-corrected chi connectivity index (χ3v) is 6.89. The summed E-state index contributed by atoms with van der Waals surface area (Å²) >= 11 is 18.5. The van der Waals surface area contributed by atoms with Gasteiger partial charge in [0, 0.05) is 9.35 Å². The summed E-state index contributed by atoms with van der Waals surface area (Å²) in [6.45, 7) is 2.09. The molecule has 17 heavy (non-hydrogen) atoms. The fourth-order valence-electron chi connectivity index (χ4n) is 1.50. The predicted octanol–water partition coefficient (Wildman–Crippen LogP) is 6.72. The van der Waals surface area contributed by atoms with E-state index in [0.717, 1.165) is 13.3 Å². The first kappa shape index (κ1) is 14.1. The number of thiophene rings is 1. The lowest BCUT2D eigenvalue weighted by molar-refractivity contribution is 1.19. The zero-order chi connectivity index (χ0) is 12.6. The van der Waals surface area contributed by atoms with Gasteiger partial charge in [0.1, 0.15) is 0 Å². The molecule has 90 valence electrons. The Morgan fingerprint density at radius 1 is 1.24 bits per heavy atom. The smallest absolute Gasteiger partial charge is 0.0887 e. The van der Waals surface area contributed by atoms with Crippen molar-refractivity contribution in [2.45, 2.75) is 11.8 Å². The van der Waals surface area contributed by atoms with Gasteiger partial charge in [-0.3, -0.25) is 0 Å². The number of alkyl halides is 1. The maximum absolute atomic E-state index is 6.06. The molecule has 0 fully saturated rings. The second-order valence-electron chi connectivity index (χ2n) is 3.66. The van der Waals surface area contributed by atoms with Crippen molar-refractivity contribution in [1.29, 1.82) is 0 Å². The van der Waals surface area contributed by atoms with Gasteiger partial charge in [-0.2, -0.15) is 0 Å². The average molecular weight is 459 g/mol. The average Bonchev–Trinajstić information content (AvgIpc) is 2.62. The zero-order valence-electron chi connectivity index (χ0n) is 8.81. The molecule has 1 atom stereocenters. The summed E-state index contributed by atoms with van der Waals surface area (Å²) in [6.07, 6.45) is 0. The van der Waals surface area contributed by atoms with Gasteiger partial charge in [0.25, 0.3) is 0 Å². The maximum Gasteiger partial charge on any atom is 0.0887 e. The van der Waals surface area contributed by atoms with Gasteiger partial charge in [-0.25, -0.2) is 0 Å². The fraction of sp³-hybridized carbons (Fsp3) is 0.167. The van der Waals surface area contributed by atoms with Crippen LogP contribution in [0.25, 0.3) is 0 Å². The van der Waals surface area contributed by atoms with Crippen LogP contribution in [0.15, 0.2) is 32.5 Å². The van der Waals surface area contributed by atoms with Gasteiger partial charge < -0.3 is 0 Å². The van der Waals surface area contributed by atoms with Gasteiger partial charge in [-0.15, -0.1) is 11.3 Å².